The van der Waals surface area contributed by atoms with Crippen molar-refractivity contribution >= 4 is 11.6 Å². The van der Waals surface area contributed by atoms with E-state index >= 15 is 0 Å². The Labute approximate surface area is 127 Å². The van der Waals surface area contributed by atoms with Crippen LogP contribution in [0.2, 0.25) is 0 Å². The van der Waals surface area contributed by atoms with Crippen LogP contribution in [0.5, 0.6) is 11.5 Å². The minimum atomic E-state index is -1.39. The van der Waals surface area contributed by atoms with Crippen molar-refractivity contribution in [2.75, 3.05) is 14.2 Å². The Hall–Kier alpha value is -2.18. The van der Waals surface area contributed by atoms with Crippen LogP contribution in [0.4, 0.5) is 0 Å². The maximum Gasteiger partial charge on any atom is 0.198 e. The second-order valence-corrected chi connectivity index (χ2v) is 5.31. The molecule has 0 aromatic heterocycles. The van der Waals surface area contributed by atoms with Gasteiger partial charge in [-0.15, -0.1) is 0 Å². The van der Waals surface area contributed by atoms with Gasteiger partial charge in [-0.2, -0.15) is 0 Å². The number of hydrogen-bond acceptors (Lipinski definition) is 6. The lowest BCUT2D eigenvalue weighted by Gasteiger charge is -2.32. The van der Waals surface area contributed by atoms with Crippen molar-refractivity contribution in [3.8, 4) is 11.5 Å². The smallest absolute Gasteiger partial charge is 0.198 e. The van der Waals surface area contributed by atoms with E-state index in [1.165, 1.54) is 26.4 Å². The SMILES string of the molecule is COc1cc(OC)c2c(c1)C(=O)C1=C(C2=O)[C@H](O)O[C@H](C)C1. The highest BCUT2D eigenvalue weighted by Crippen LogP contribution is 2.40. The first kappa shape index (κ1) is 14.7. The first-order valence-corrected chi connectivity index (χ1v) is 6.90. The Morgan fingerprint density at radius 2 is 1.91 bits per heavy atom. The summed E-state index contributed by atoms with van der Waals surface area (Å²) < 4.78 is 15.6. The molecule has 0 fully saturated rings. The fraction of sp³-hybridized carbons (Fsp3) is 0.375. The molecule has 0 amide bonds. The van der Waals surface area contributed by atoms with Gasteiger partial charge in [0.05, 0.1) is 31.5 Å². The van der Waals surface area contributed by atoms with Crippen LogP contribution in [0.3, 0.4) is 0 Å². The number of rotatable bonds is 2. The van der Waals surface area contributed by atoms with Crippen molar-refractivity contribution in [1.29, 1.82) is 0 Å². The number of Topliss-reactive ketones (excluding diaryl/α,β-unsaturated/α-hetero) is 2. The van der Waals surface area contributed by atoms with E-state index in [4.69, 9.17) is 14.2 Å². The number of benzene rings is 1. The third kappa shape index (κ3) is 2.03. The summed E-state index contributed by atoms with van der Waals surface area (Å²) in [6.07, 6.45) is -1.44. The van der Waals surface area contributed by atoms with E-state index in [0.29, 0.717) is 11.3 Å². The molecule has 1 heterocycles. The molecule has 116 valence electrons. The molecule has 0 radical (unpaired) electrons. The fourth-order valence-electron chi connectivity index (χ4n) is 2.93. The van der Waals surface area contributed by atoms with Gasteiger partial charge in [0, 0.05) is 23.6 Å². The fourth-order valence-corrected chi connectivity index (χ4v) is 2.93. The summed E-state index contributed by atoms with van der Waals surface area (Å²) in [4.78, 5) is 25.5. The van der Waals surface area contributed by atoms with Crippen LogP contribution in [-0.2, 0) is 4.74 Å². The van der Waals surface area contributed by atoms with E-state index in [9.17, 15) is 14.7 Å². The Bertz CT molecular complexity index is 703. The highest BCUT2D eigenvalue weighted by Gasteiger charge is 2.41. The summed E-state index contributed by atoms with van der Waals surface area (Å²) in [6.45, 7) is 1.74. The molecule has 6 nitrogen and oxygen atoms in total. The Kier molecular flexibility index (Phi) is 3.50. The minimum absolute atomic E-state index is 0.0130. The molecule has 0 saturated heterocycles. The lowest BCUT2D eigenvalue weighted by molar-refractivity contribution is -0.112. The number of aliphatic hydroxyl groups excluding tert-OH is 1. The number of hydrogen-bond donors (Lipinski definition) is 1. The van der Waals surface area contributed by atoms with Crippen molar-refractivity contribution in [1.82, 2.24) is 0 Å². The summed E-state index contributed by atoms with van der Waals surface area (Å²) in [7, 11) is 2.88. The summed E-state index contributed by atoms with van der Waals surface area (Å²) in [5.41, 5.74) is 0.698. The molecule has 2 aliphatic rings. The Morgan fingerprint density at radius 3 is 2.55 bits per heavy atom. The van der Waals surface area contributed by atoms with E-state index in [1.807, 2.05) is 0 Å². The molecule has 1 N–H and O–H groups in total. The third-order valence-electron chi connectivity index (χ3n) is 3.95. The average Bonchev–Trinajstić information content (AvgIpc) is 2.50. The monoisotopic (exact) mass is 304 g/mol. The number of ketones is 2. The Morgan fingerprint density at radius 1 is 1.18 bits per heavy atom. The van der Waals surface area contributed by atoms with Crippen molar-refractivity contribution in [2.24, 2.45) is 0 Å². The maximum absolute atomic E-state index is 12.7. The molecule has 1 aliphatic heterocycles. The average molecular weight is 304 g/mol. The van der Waals surface area contributed by atoms with Crippen molar-refractivity contribution in [3.05, 3.63) is 34.4 Å². The van der Waals surface area contributed by atoms with E-state index < -0.39 is 12.1 Å². The molecule has 1 aliphatic carbocycles. The molecule has 1 aromatic carbocycles. The number of methoxy groups -OCH3 is 2. The first-order chi connectivity index (χ1) is 10.5. The molecular formula is C16H16O6. The van der Waals surface area contributed by atoms with Gasteiger partial charge in [-0.25, -0.2) is 0 Å². The number of ether oxygens (including phenoxy) is 3. The van der Waals surface area contributed by atoms with Crippen LogP contribution >= 0.6 is 0 Å². The summed E-state index contributed by atoms with van der Waals surface area (Å²) in [5.74, 6) is -0.0639. The van der Waals surface area contributed by atoms with Gasteiger partial charge in [-0.05, 0) is 13.0 Å². The molecule has 0 bridgehead atoms. The molecule has 22 heavy (non-hydrogen) atoms. The predicted molar refractivity (Wildman–Crippen MR) is 76.4 cm³/mol. The first-order valence-electron chi connectivity index (χ1n) is 6.90. The lowest BCUT2D eigenvalue weighted by atomic mass is 9.80. The van der Waals surface area contributed by atoms with E-state index in [1.54, 1.807) is 6.92 Å². The molecule has 6 heteroatoms. The van der Waals surface area contributed by atoms with Crippen molar-refractivity contribution in [2.45, 2.75) is 25.7 Å². The molecule has 1 aromatic rings. The largest absolute Gasteiger partial charge is 0.497 e. The van der Waals surface area contributed by atoms with Crippen LogP contribution in [0.25, 0.3) is 0 Å². The lowest BCUT2D eigenvalue weighted by Crippen LogP contribution is -2.37. The van der Waals surface area contributed by atoms with Crippen molar-refractivity contribution < 1.29 is 28.9 Å². The molecule has 0 saturated carbocycles. The summed E-state index contributed by atoms with van der Waals surface area (Å²) in [6, 6.07) is 3.06. The third-order valence-corrected chi connectivity index (χ3v) is 3.95. The number of carbonyl (C=O) groups is 2. The predicted octanol–water partition coefficient (Wildman–Crippen LogP) is 1.51. The zero-order chi connectivity index (χ0) is 16.0. The molecule has 2 atom stereocenters. The standard InChI is InChI=1S/C16H16O6/c1-7-4-9-13(16(19)22-7)15(18)12-10(14(9)17)5-8(20-2)6-11(12)21-3/h5-7,16,19H,4H2,1-3H3/t7-,16-/m1/s1. The zero-order valence-corrected chi connectivity index (χ0v) is 12.5. The second kappa shape index (κ2) is 5.23. The van der Waals surface area contributed by atoms with Crippen molar-refractivity contribution in [3.63, 3.8) is 0 Å². The highest BCUT2D eigenvalue weighted by atomic mass is 16.6. The molecule has 0 spiro atoms. The van der Waals surface area contributed by atoms with Gasteiger partial charge < -0.3 is 19.3 Å². The number of fused-ring (bicyclic) bond motifs is 1. The van der Waals surface area contributed by atoms with Crippen LogP contribution in [-0.4, -0.2) is 43.3 Å². The van der Waals surface area contributed by atoms with Crippen LogP contribution in [0.1, 0.15) is 34.1 Å². The maximum atomic E-state index is 12.7. The minimum Gasteiger partial charge on any atom is -0.497 e. The normalized spacial score (nSPS) is 24.0. The summed E-state index contributed by atoms with van der Waals surface area (Å²) in [5, 5.41) is 10.0. The van der Waals surface area contributed by atoms with Crippen LogP contribution in [0.15, 0.2) is 23.3 Å². The van der Waals surface area contributed by atoms with Gasteiger partial charge in [0.1, 0.15) is 11.5 Å². The number of aliphatic hydroxyl groups is 1. The van der Waals surface area contributed by atoms with Gasteiger partial charge in [-0.1, -0.05) is 0 Å². The Balaban J connectivity index is 2.24. The molecule has 0 unspecified atom stereocenters. The molecule has 3 rings (SSSR count). The van der Waals surface area contributed by atoms with Gasteiger partial charge >= 0.3 is 0 Å². The van der Waals surface area contributed by atoms with Gasteiger partial charge in [0.2, 0.25) is 0 Å². The van der Waals surface area contributed by atoms with Crippen LogP contribution in [0, 0.1) is 0 Å². The van der Waals surface area contributed by atoms with Gasteiger partial charge in [0.15, 0.2) is 17.9 Å². The quantitative estimate of drug-likeness (QED) is 0.892. The van der Waals surface area contributed by atoms with Gasteiger partial charge in [0.25, 0.3) is 0 Å². The molecular weight excluding hydrogens is 288 g/mol. The van der Waals surface area contributed by atoms with E-state index in [0.717, 1.165) is 0 Å². The van der Waals surface area contributed by atoms with E-state index in [-0.39, 0.29) is 40.8 Å². The van der Waals surface area contributed by atoms with Gasteiger partial charge in [-0.3, -0.25) is 9.59 Å². The van der Waals surface area contributed by atoms with E-state index in [2.05, 4.69) is 0 Å². The topological polar surface area (TPSA) is 82.1 Å². The number of carbonyl (C=O) groups excluding carboxylic acids is 2. The summed E-state index contributed by atoms with van der Waals surface area (Å²) >= 11 is 0. The second-order valence-electron chi connectivity index (χ2n) is 5.31. The van der Waals surface area contributed by atoms with Crippen LogP contribution < -0.4 is 9.47 Å². The zero-order valence-electron chi connectivity index (χ0n) is 12.5. The highest BCUT2D eigenvalue weighted by molar-refractivity contribution is 6.28.